The fourth-order valence-corrected chi connectivity index (χ4v) is 2.78. The van der Waals surface area contributed by atoms with Gasteiger partial charge in [0.05, 0.1) is 18.9 Å². The van der Waals surface area contributed by atoms with E-state index < -0.39 is 5.69 Å². The first kappa shape index (κ1) is 16.5. The number of hydrogen-bond acceptors (Lipinski definition) is 5. The van der Waals surface area contributed by atoms with E-state index in [0.29, 0.717) is 18.1 Å². The second-order valence-corrected chi connectivity index (χ2v) is 5.88. The Bertz CT molecular complexity index is 775. The third-order valence-electron chi connectivity index (χ3n) is 4.04. The summed E-state index contributed by atoms with van der Waals surface area (Å²) in [7, 11) is 0. The zero-order valence-electron chi connectivity index (χ0n) is 13.7. The maximum Gasteiger partial charge on any atom is 0.334 e. The van der Waals surface area contributed by atoms with Crippen molar-refractivity contribution < 1.29 is 4.74 Å². The Kier molecular flexibility index (Phi) is 5.12. The largest absolute Gasteiger partial charge is 0.379 e. The van der Waals surface area contributed by atoms with E-state index in [0.717, 1.165) is 43.0 Å². The zero-order valence-corrected chi connectivity index (χ0v) is 13.7. The van der Waals surface area contributed by atoms with Gasteiger partial charge in [-0.05, 0) is 24.6 Å². The molecule has 1 aromatic heterocycles. The van der Waals surface area contributed by atoms with E-state index in [1.807, 2.05) is 25.1 Å². The van der Waals surface area contributed by atoms with Crippen LogP contribution in [0, 0.1) is 6.92 Å². The maximum absolute atomic E-state index is 12.3. The van der Waals surface area contributed by atoms with Crippen LogP contribution >= 0.6 is 0 Å². The molecule has 0 atom stereocenters. The van der Waals surface area contributed by atoms with Crippen LogP contribution in [0.1, 0.15) is 5.56 Å². The molecule has 24 heavy (non-hydrogen) atoms. The highest BCUT2D eigenvalue weighted by molar-refractivity contribution is 5.38. The number of benzene rings is 1. The van der Waals surface area contributed by atoms with Gasteiger partial charge in [-0.1, -0.05) is 12.1 Å². The van der Waals surface area contributed by atoms with Gasteiger partial charge in [-0.3, -0.25) is 14.7 Å². The van der Waals surface area contributed by atoms with E-state index in [1.54, 1.807) is 6.07 Å². The number of aryl methyl sites for hydroxylation is 1. The van der Waals surface area contributed by atoms with Crippen LogP contribution < -0.4 is 16.6 Å². The van der Waals surface area contributed by atoms with Gasteiger partial charge >= 0.3 is 5.69 Å². The molecule has 0 radical (unpaired) electrons. The molecule has 1 aromatic carbocycles. The molecule has 1 saturated heterocycles. The average Bonchev–Trinajstić information content (AvgIpc) is 2.55. The normalized spacial score (nSPS) is 15.4. The molecular formula is C17H22N4O3. The van der Waals surface area contributed by atoms with Gasteiger partial charge < -0.3 is 10.1 Å². The first-order valence-corrected chi connectivity index (χ1v) is 8.11. The van der Waals surface area contributed by atoms with Gasteiger partial charge in [-0.15, -0.1) is 0 Å². The van der Waals surface area contributed by atoms with Crippen molar-refractivity contribution in [3.8, 4) is 5.69 Å². The number of anilines is 1. The van der Waals surface area contributed by atoms with Crippen LogP contribution in [0.4, 0.5) is 5.82 Å². The third kappa shape index (κ3) is 3.93. The van der Waals surface area contributed by atoms with Crippen molar-refractivity contribution in [2.24, 2.45) is 0 Å². The molecule has 3 rings (SSSR count). The van der Waals surface area contributed by atoms with Gasteiger partial charge in [0.1, 0.15) is 5.82 Å². The van der Waals surface area contributed by atoms with E-state index in [4.69, 9.17) is 4.74 Å². The average molecular weight is 330 g/mol. The molecule has 0 unspecified atom stereocenters. The molecule has 128 valence electrons. The predicted octanol–water partition coefficient (Wildman–Crippen LogP) is 0.578. The highest BCUT2D eigenvalue weighted by Crippen LogP contribution is 2.06. The van der Waals surface area contributed by atoms with Gasteiger partial charge in [-0.2, -0.15) is 0 Å². The van der Waals surface area contributed by atoms with Gasteiger partial charge in [0, 0.05) is 32.2 Å². The molecule has 7 nitrogen and oxygen atoms in total. The van der Waals surface area contributed by atoms with Crippen LogP contribution in [0.15, 0.2) is 39.9 Å². The first-order valence-electron chi connectivity index (χ1n) is 8.11. The molecule has 0 bridgehead atoms. The fourth-order valence-electron chi connectivity index (χ4n) is 2.78. The summed E-state index contributed by atoms with van der Waals surface area (Å²) < 4.78 is 6.44. The lowest BCUT2D eigenvalue weighted by Crippen LogP contribution is -2.39. The molecule has 1 aliphatic heterocycles. The zero-order chi connectivity index (χ0) is 16.9. The smallest absolute Gasteiger partial charge is 0.334 e. The van der Waals surface area contributed by atoms with E-state index in [1.165, 1.54) is 6.07 Å². The lowest BCUT2D eigenvalue weighted by molar-refractivity contribution is 0.0398. The topological polar surface area (TPSA) is 79.4 Å². The molecule has 0 spiro atoms. The quantitative estimate of drug-likeness (QED) is 0.838. The van der Waals surface area contributed by atoms with Crippen LogP contribution in [0.25, 0.3) is 5.69 Å². The van der Waals surface area contributed by atoms with Crippen molar-refractivity contribution in [3.63, 3.8) is 0 Å². The molecule has 1 fully saturated rings. The summed E-state index contributed by atoms with van der Waals surface area (Å²) in [6.07, 6.45) is 0. The number of aromatic nitrogens is 2. The Morgan fingerprint density at radius 2 is 2.00 bits per heavy atom. The highest BCUT2D eigenvalue weighted by Gasteiger charge is 2.10. The lowest BCUT2D eigenvalue weighted by Gasteiger charge is -2.26. The summed E-state index contributed by atoms with van der Waals surface area (Å²) >= 11 is 0. The summed E-state index contributed by atoms with van der Waals surface area (Å²) in [6, 6.07) is 8.72. The Balaban J connectivity index is 1.70. The van der Waals surface area contributed by atoms with Gasteiger partial charge in [0.25, 0.3) is 5.56 Å². The minimum Gasteiger partial charge on any atom is -0.379 e. The van der Waals surface area contributed by atoms with Gasteiger partial charge in [-0.25, -0.2) is 9.36 Å². The molecule has 2 heterocycles. The number of ether oxygens (including phenoxy) is 1. The SMILES string of the molecule is Cc1cccc(-n2c(=O)cc(NCCN3CCOCC3)[nH]c2=O)c1. The number of aromatic amines is 1. The van der Waals surface area contributed by atoms with Gasteiger partial charge in [0.2, 0.25) is 0 Å². The number of nitrogens with one attached hydrogen (secondary N) is 2. The van der Waals surface area contributed by atoms with Crippen molar-refractivity contribution in [2.75, 3.05) is 44.7 Å². The van der Waals surface area contributed by atoms with Crippen molar-refractivity contribution in [1.29, 1.82) is 0 Å². The molecule has 2 N–H and O–H groups in total. The molecule has 2 aromatic rings. The van der Waals surface area contributed by atoms with E-state index in [-0.39, 0.29) is 5.56 Å². The molecule has 0 aliphatic carbocycles. The van der Waals surface area contributed by atoms with E-state index in [9.17, 15) is 9.59 Å². The second-order valence-electron chi connectivity index (χ2n) is 5.88. The summed E-state index contributed by atoms with van der Waals surface area (Å²) in [5.41, 5.74) is 0.771. The van der Waals surface area contributed by atoms with Crippen molar-refractivity contribution in [1.82, 2.24) is 14.5 Å². The third-order valence-corrected chi connectivity index (χ3v) is 4.04. The summed E-state index contributed by atoms with van der Waals surface area (Å²) in [4.78, 5) is 29.6. The number of nitrogens with zero attached hydrogens (tertiary/aromatic N) is 2. The second kappa shape index (κ2) is 7.46. The maximum atomic E-state index is 12.3. The molecular weight excluding hydrogens is 308 g/mol. The van der Waals surface area contributed by atoms with Crippen LogP contribution in [0.3, 0.4) is 0 Å². The monoisotopic (exact) mass is 330 g/mol. The molecule has 1 aliphatic rings. The molecule has 0 amide bonds. The van der Waals surface area contributed by atoms with Crippen LogP contribution in [-0.4, -0.2) is 53.8 Å². The number of hydrogen-bond donors (Lipinski definition) is 2. The number of morpholine rings is 1. The van der Waals surface area contributed by atoms with Crippen molar-refractivity contribution in [2.45, 2.75) is 6.92 Å². The van der Waals surface area contributed by atoms with Crippen LogP contribution in [0.5, 0.6) is 0 Å². The number of H-pyrrole nitrogens is 1. The van der Waals surface area contributed by atoms with Gasteiger partial charge in [0.15, 0.2) is 0 Å². The molecule has 7 heteroatoms. The highest BCUT2D eigenvalue weighted by atomic mass is 16.5. The Labute approximate surface area is 139 Å². The first-order chi connectivity index (χ1) is 11.6. The summed E-state index contributed by atoms with van der Waals surface area (Å²) in [5.74, 6) is 0.446. The van der Waals surface area contributed by atoms with Crippen LogP contribution in [-0.2, 0) is 4.74 Å². The Morgan fingerprint density at radius 1 is 1.21 bits per heavy atom. The lowest BCUT2D eigenvalue weighted by atomic mass is 10.2. The van der Waals surface area contributed by atoms with E-state index in [2.05, 4.69) is 15.2 Å². The Morgan fingerprint density at radius 3 is 2.71 bits per heavy atom. The van der Waals surface area contributed by atoms with Crippen molar-refractivity contribution in [3.05, 3.63) is 56.7 Å². The minimum absolute atomic E-state index is 0.349. The molecule has 0 saturated carbocycles. The van der Waals surface area contributed by atoms with Crippen molar-refractivity contribution >= 4 is 5.82 Å². The van der Waals surface area contributed by atoms with Crippen LogP contribution in [0.2, 0.25) is 0 Å². The van der Waals surface area contributed by atoms with E-state index >= 15 is 0 Å². The standard InChI is InChI=1S/C17H22N4O3/c1-13-3-2-4-14(11-13)21-16(22)12-15(19-17(21)23)18-5-6-20-7-9-24-10-8-20/h2-4,11-12,18H,5-10H2,1H3,(H,19,23). The minimum atomic E-state index is -0.443. The Hall–Kier alpha value is -2.38. The predicted molar refractivity (Wildman–Crippen MR) is 93.1 cm³/mol. The fraction of sp³-hybridized carbons (Fsp3) is 0.412. The summed E-state index contributed by atoms with van der Waals surface area (Å²) in [5, 5.41) is 3.11. The summed E-state index contributed by atoms with van der Waals surface area (Å²) in [6.45, 7) is 6.74. The number of rotatable bonds is 5.